The minimum absolute atomic E-state index is 0.277. The van der Waals surface area contributed by atoms with Crippen molar-refractivity contribution in [1.29, 1.82) is 0 Å². The third-order valence-corrected chi connectivity index (χ3v) is 2.78. The van der Waals surface area contributed by atoms with Crippen LogP contribution in [0, 0.1) is 5.41 Å². The highest BCUT2D eigenvalue weighted by atomic mass is 16.5. The van der Waals surface area contributed by atoms with Crippen LogP contribution in [0.4, 0.5) is 0 Å². The van der Waals surface area contributed by atoms with Crippen LogP contribution in [0.15, 0.2) is 30.3 Å². The standard InChI is InChI=1S/C15H25NO/c1-13(2)16-12-15(3,4)10-11-17-14-8-6-5-7-9-14/h5-9,13,16H,10-12H2,1-4H3. The number of rotatable bonds is 7. The van der Waals surface area contributed by atoms with E-state index in [0.717, 1.165) is 25.3 Å². The summed E-state index contributed by atoms with van der Waals surface area (Å²) < 4.78 is 5.72. The molecule has 0 aliphatic heterocycles. The second-order valence-corrected chi connectivity index (χ2v) is 5.61. The minimum Gasteiger partial charge on any atom is -0.494 e. The summed E-state index contributed by atoms with van der Waals surface area (Å²) in [5.41, 5.74) is 0.277. The summed E-state index contributed by atoms with van der Waals surface area (Å²) in [6.45, 7) is 10.7. The van der Waals surface area contributed by atoms with Crippen molar-refractivity contribution >= 4 is 0 Å². The van der Waals surface area contributed by atoms with Gasteiger partial charge in [0.05, 0.1) is 6.61 Å². The first-order valence-corrected chi connectivity index (χ1v) is 6.41. The summed E-state index contributed by atoms with van der Waals surface area (Å²) in [5, 5.41) is 3.48. The highest BCUT2D eigenvalue weighted by Gasteiger charge is 2.17. The number of nitrogens with one attached hydrogen (secondary N) is 1. The molecule has 1 aromatic rings. The van der Waals surface area contributed by atoms with Gasteiger partial charge in [-0.25, -0.2) is 0 Å². The van der Waals surface area contributed by atoms with Crippen LogP contribution in [-0.2, 0) is 0 Å². The Morgan fingerprint density at radius 1 is 1.18 bits per heavy atom. The molecule has 0 spiro atoms. The lowest BCUT2D eigenvalue weighted by atomic mass is 9.89. The third-order valence-electron chi connectivity index (χ3n) is 2.78. The second-order valence-electron chi connectivity index (χ2n) is 5.61. The van der Waals surface area contributed by atoms with Crippen molar-refractivity contribution in [3.63, 3.8) is 0 Å². The van der Waals surface area contributed by atoms with Crippen molar-refractivity contribution in [2.24, 2.45) is 5.41 Å². The summed E-state index contributed by atoms with van der Waals surface area (Å²) in [4.78, 5) is 0. The lowest BCUT2D eigenvalue weighted by molar-refractivity contribution is 0.219. The Morgan fingerprint density at radius 3 is 2.41 bits per heavy atom. The maximum atomic E-state index is 5.72. The van der Waals surface area contributed by atoms with E-state index in [1.54, 1.807) is 0 Å². The van der Waals surface area contributed by atoms with Gasteiger partial charge in [0.2, 0.25) is 0 Å². The molecule has 0 unspecified atom stereocenters. The molecule has 0 saturated heterocycles. The van der Waals surface area contributed by atoms with Gasteiger partial charge in [-0.05, 0) is 24.0 Å². The van der Waals surface area contributed by atoms with Crippen LogP contribution in [0.25, 0.3) is 0 Å². The average molecular weight is 235 g/mol. The fourth-order valence-electron chi connectivity index (χ4n) is 1.53. The van der Waals surface area contributed by atoms with Crippen LogP contribution in [-0.4, -0.2) is 19.2 Å². The van der Waals surface area contributed by atoms with Crippen LogP contribution < -0.4 is 10.1 Å². The van der Waals surface area contributed by atoms with Gasteiger partial charge in [0.15, 0.2) is 0 Å². The average Bonchev–Trinajstić information content (AvgIpc) is 2.28. The van der Waals surface area contributed by atoms with E-state index in [2.05, 4.69) is 33.0 Å². The van der Waals surface area contributed by atoms with Crippen LogP contribution in [0.1, 0.15) is 34.1 Å². The summed E-state index contributed by atoms with van der Waals surface area (Å²) in [6.07, 6.45) is 1.06. The minimum atomic E-state index is 0.277. The Labute approximate surface area is 105 Å². The Bertz CT molecular complexity index is 306. The molecule has 0 atom stereocenters. The largest absolute Gasteiger partial charge is 0.494 e. The van der Waals surface area contributed by atoms with E-state index >= 15 is 0 Å². The smallest absolute Gasteiger partial charge is 0.119 e. The molecule has 0 bridgehead atoms. The number of hydrogen-bond acceptors (Lipinski definition) is 2. The summed E-state index contributed by atoms with van der Waals surface area (Å²) in [5.74, 6) is 0.958. The quantitative estimate of drug-likeness (QED) is 0.781. The molecule has 0 aromatic heterocycles. The van der Waals surface area contributed by atoms with Crippen molar-refractivity contribution < 1.29 is 4.74 Å². The number of para-hydroxylation sites is 1. The van der Waals surface area contributed by atoms with Crippen LogP contribution in [0.3, 0.4) is 0 Å². The lowest BCUT2D eigenvalue weighted by Crippen LogP contribution is -2.34. The zero-order valence-corrected chi connectivity index (χ0v) is 11.5. The molecule has 0 radical (unpaired) electrons. The van der Waals surface area contributed by atoms with E-state index in [4.69, 9.17) is 4.74 Å². The summed E-state index contributed by atoms with van der Waals surface area (Å²) in [6, 6.07) is 10.5. The van der Waals surface area contributed by atoms with Gasteiger partial charge in [0.1, 0.15) is 5.75 Å². The lowest BCUT2D eigenvalue weighted by Gasteiger charge is -2.26. The van der Waals surface area contributed by atoms with Crippen LogP contribution >= 0.6 is 0 Å². The Hall–Kier alpha value is -1.02. The van der Waals surface area contributed by atoms with E-state index in [0.29, 0.717) is 6.04 Å². The van der Waals surface area contributed by atoms with Crippen molar-refractivity contribution in [1.82, 2.24) is 5.32 Å². The van der Waals surface area contributed by atoms with Gasteiger partial charge in [-0.2, -0.15) is 0 Å². The molecular formula is C15H25NO. The Kier molecular flexibility index (Phi) is 5.49. The van der Waals surface area contributed by atoms with Crippen LogP contribution in [0.5, 0.6) is 5.75 Å². The van der Waals surface area contributed by atoms with Crippen molar-refractivity contribution in [2.45, 2.75) is 40.2 Å². The highest BCUT2D eigenvalue weighted by Crippen LogP contribution is 2.20. The molecule has 0 fully saturated rings. The molecule has 17 heavy (non-hydrogen) atoms. The van der Waals surface area contributed by atoms with Gasteiger partial charge < -0.3 is 10.1 Å². The molecule has 0 heterocycles. The fraction of sp³-hybridized carbons (Fsp3) is 0.600. The van der Waals surface area contributed by atoms with Gasteiger partial charge in [-0.1, -0.05) is 45.9 Å². The van der Waals surface area contributed by atoms with Crippen molar-refractivity contribution in [2.75, 3.05) is 13.2 Å². The predicted molar refractivity (Wildman–Crippen MR) is 73.5 cm³/mol. The fourth-order valence-corrected chi connectivity index (χ4v) is 1.53. The van der Waals surface area contributed by atoms with Crippen molar-refractivity contribution in [3.05, 3.63) is 30.3 Å². The van der Waals surface area contributed by atoms with E-state index in [1.165, 1.54) is 0 Å². The zero-order valence-electron chi connectivity index (χ0n) is 11.5. The Balaban J connectivity index is 2.25. The molecule has 2 heteroatoms. The van der Waals surface area contributed by atoms with Gasteiger partial charge in [0, 0.05) is 12.6 Å². The molecule has 1 aromatic carbocycles. The molecular weight excluding hydrogens is 210 g/mol. The van der Waals surface area contributed by atoms with Crippen molar-refractivity contribution in [3.8, 4) is 5.75 Å². The van der Waals surface area contributed by atoms with Gasteiger partial charge in [-0.3, -0.25) is 0 Å². The second kappa shape index (κ2) is 6.65. The molecule has 2 nitrogen and oxygen atoms in total. The topological polar surface area (TPSA) is 21.3 Å². The van der Waals surface area contributed by atoms with E-state index in [1.807, 2.05) is 30.3 Å². The third kappa shape index (κ3) is 6.32. The van der Waals surface area contributed by atoms with Gasteiger partial charge in [-0.15, -0.1) is 0 Å². The molecule has 0 aliphatic rings. The molecule has 1 N–H and O–H groups in total. The molecule has 0 aliphatic carbocycles. The summed E-state index contributed by atoms with van der Waals surface area (Å²) >= 11 is 0. The zero-order chi connectivity index (χ0) is 12.7. The predicted octanol–water partition coefficient (Wildman–Crippen LogP) is 3.48. The maximum Gasteiger partial charge on any atom is 0.119 e. The molecule has 0 saturated carbocycles. The first-order chi connectivity index (χ1) is 7.99. The highest BCUT2D eigenvalue weighted by molar-refractivity contribution is 5.20. The number of benzene rings is 1. The first-order valence-electron chi connectivity index (χ1n) is 6.41. The summed E-state index contributed by atoms with van der Waals surface area (Å²) in [7, 11) is 0. The molecule has 96 valence electrons. The SMILES string of the molecule is CC(C)NCC(C)(C)CCOc1ccccc1. The monoisotopic (exact) mass is 235 g/mol. The first kappa shape index (κ1) is 14.0. The van der Waals surface area contributed by atoms with E-state index < -0.39 is 0 Å². The van der Waals surface area contributed by atoms with E-state index in [-0.39, 0.29) is 5.41 Å². The number of ether oxygens (including phenoxy) is 1. The van der Waals surface area contributed by atoms with Gasteiger partial charge >= 0.3 is 0 Å². The molecule has 1 rings (SSSR count). The normalized spacial score (nSPS) is 11.8. The van der Waals surface area contributed by atoms with E-state index in [9.17, 15) is 0 Å². The van der Waals surface area contributed by atoms with Crippen LogP contribution in [0.2, 0.25) is 0 Å². The molecule has 0 amide bonds. The Morgan fingerprint density at radius 2 is 1.82 bits per heavy atom. The maximum absolute atomic E-state index is 5.72. The number of hydrogen-bond donors (Lipinski definition) is 1. The van der Waals surface area contributed by atoms with Gasteiger partial charge in [0.25, 0.3) is 0 Å².